The molecule has 1 N–H and O–H groups in total. The molecule has 0 unspecified atom stereocenters. The summed E-state index contributed by atoms with van der Waals surface area (Å²) in [6, 6.07) is 22.8. The van der Waals surface area contributed by atoms with E-state index in [4.69, 9.17) is 4.74 Å². The van der Waals surface area contributed by atoms with Gasteiger partial charge in [-0.1, -0.05) is 74.5 Å². The van der Waals surface area contributed by atoms with Crippen LogP contribution in [0.1, 0.15) is 43.6 Å². The van der Waals surface area contributed by atoms with Crippen molar-refractivity contribution in [3.8, 4) is 5.75 Å². The number of hydrogen-bond donors (Lipinski definition) is 1. The van der Waals surface area contributed by atoms with Crippen LogP contribution in [0, 0.1) is 12.8 Å². The number of rotatable bonds is 6. The summed E-state index contributed by atoms with van der Waals surface area (Å²) >= 11 is 0. The monoisotopic (exact) mass is 464 g/mol. The third-order valence-corrected chi connectivity index (χ3v) is 8.12. The van der Waals surface area contributed by atoms with Crippen LogP contribution in [-0.2, 0) is 16.6 Å². The van der Waals surface area contributed by atoms with Crippen LogP contribution in [0.3, 0.4) is 0 Å². The molecule has 4 rings (SSSR count). The van der Waals surface area contributed by atoms with Gasteiger partial charge in [-0.15, -0.1) is 0 Å². The van der Waals surface area contributed by atoms with Crippen LogP contribution < -0.4 is 10.1 Å². The summed E-state index contributed by atoms with van der Waals surface area (Å²) in [4.78, 5) is 0.213. The lowest BCUT2D eigenvalue weighted by Gasteiger charge is -2.31. The molecule has 1 aliphatic rings. The van der Waals surface area contributed by atoms with Gasteiger partial charge in [0.05, 0.1) is 11.7 Å². The number of ether oxygens (including phenoxy) is 1. The second kappa shape index (κ2) is 9.57. The molecule has 0 saturated heterocycles. The zero-order valence-electron chi connectivity index (χ0n) is 19.7. The molecule has 6 heteroatoms. The Morgan fingerprint density at radius 2 is 1.67 bits per heavy atom. The molecule has 0 amide bonds. The first kappa shape index (κ1) is 23.3. The molecule has 174 valence electrons. The normalized spacial score (nSPS) is 20.0. The third-order valence-electron chi connectivity index (χ3n) is 6.11. The molecule has 0 aromatic heterocycles. The predicted octanol–water partition coefficient (Wildman–Crippen LogP) is 5.78. The molecule has 0 spiro atoms. The van der Waals surface area contributed by atoms with Gasteiger partial charge in [-0.05, 0) is 48.6 Å². The fraction of sp³-hybridized carbons (Fsp3) is 0.333. The van der Waals surface area contributed by atoms with Gasteiger partial charge in [-0.25, -0.2) is 8.42 Å². The number of anilines is 1. The van der Waals surface area contributed by atoms with Crippen molar-refractivity contribution in [2.24, 2.45) is 5.92 Å². The van der Waals surface area contributed by atoms with E-state index in [0.29, 0.717) is 23.9 Å². The van der Waals surface area contributed by atoms with Gasteiger partial charge >= 0.3 is 0 Å². The van der Waals surface area contributed by atoms with Gasteiger partial charge in [0, 0.05) is 13.1 Å². The highest BCUT2D eigenvalue weighted by Crippen LogP contribution is 2.43. The number of benzene rings is 3. The van der Waals surface area contributed by atoms with E-state index >= 15 is 0 Å². The average Bonchev–Trinajstić information content (AvgIpc) is 2.88. The minimum atomic E-state index is -3.86. The second-order valence-corrected chi connectivity index (χ2v) is 10.9. The maximum absolute atomic E-state index is 14.2. The van der Waals surface area contributed by atoms with Crippen molar-refractivity contribution in [1.29, 1.82) is 0 Å². The Morgan fingerprint density at radius 3 is 2.36 bits per heavy atom. The van der Waals surface area contributed by atoms with Crippen molar-refractivity contribution in [2.75, 3.05) is 11.9 Å². The largest absolute Gasteiger partial charge is 0.483 e. The van der Waals surface area contributed by atoms with Crippen molar-refractivity contribution in [3.05, 3.63) is 89.5 Å². The van der Waals surface area contributed by atoms with Crippen LogP contribution in [-0.4, -0.2) is 25.3 Å². The first-order chi connectivity index (χ1) is 15.8. The van der Waals surface area contributed by atoms with E-state index in [1.807, 2.05) is 80.6 Å². The van der Waals surface area contributed by atoms with Gasteiger partial charge in [0.25, 0.3) is 0 Å². The highest BCUT2D eigenvalue weighted by Gasteiger charge is 2.42. The van der Waals surface area contributed by atoms with Gasteiger partial charge in [-0.3, -0.25) is 0 Å². The van der Waals surface area contributed by atoms with E-state index in [1.165, 1.54) is 0 Å². The molecule has 0 fully saturated rings. The molecule has 33 heavy (non-hydrogen) atoms. The fourth-order valence-corrected chi connectivity index (χ4v) is 6.10. The van der Waals surface area contributed by atoms with Gasteiger partial charge in [-0.2, -0.15) is 4.31 Å². The summed E-state index contributed by atoms with van der Waals surface area (Å²) in [5.74, 6) is 0.756. The van der Waals surface area contributed by atoms with E-state index in [9.17, 15) is 8.42 Å². The molecule has 0 saturated carbocycles. The number of aryl methyl sites for hydroxylation is 1. The SMILES string of the molecule is Cc1ccccc1CN1[C@@H](C)[C@H](c2ccccc2)Oc2cccc(NCC(C)C)c2S1(=O)=O. The van der Waals surface area contributed by atoms with Crippen molar-refractivity contribution < 1.29 is 13.2 Å². The molecular formula is C27H32N2O3S. The lowest BCUT2D eigenvalue weighted by Crippen LogP contribution is -2.41. The molecule has 3 aromatic carbocycles. The zero-order valence-corrected chi connectivity index (χ0v) is 20.5. The Balaban J connectivity index is 1.88. The lowest BCUT2D eigenvalue weighted by molar-refractivity contribution is 0.124. The van der Waals surface area contributed by atoms with Crippen molar-refractivity contribution in [1.82, 2.24) is 4.31 Å². The molecule has 0 aliphatic carbocycles. The summed E-state index contributed by atoms with van der Waals surface area (Å²) in [5, 5.41) is 3.34. The Kier molecular flexibility index (Phi) is 6.77. The van der Waals surface area contributed by atoms with E-state index in [1.54, 1.807) is 10.4 Å². The van der Waals surface area contributed by atoms with E-state index < -0.39 is 22.2 Å². The zero-order chi connectivity index (χ0) is 23.6. The fourth-order valence-electron chi connectivity index (χ4n) is 4.22. The van der Waals surface area contributed by atoms with Crippen LogP contribution in [0.2, 0.25) is 0 Å². The van der Waals surface area contributed by atoms with Gasteiger partial charge < -0.3 is 10.1 Å². The highest BCUT2D eigenvalue weighted by molar-refractivity contribution is 7.89. The summed E-state index contributed by atoms with van der Waals surface area (Å²) in [6.07, 6.45) is -0.438. The first-order valence-electron chi connectivity index (χ1n) is 11.4. The standard InChI is InChI=1S/C27H32N2O3S/c1-19(2)17-28-24-15-10-16-25-27(24)33(30,31)29(18-23-14-9-8-11-20(23)3)21(4)26(32-25)22-12-6-5-7-13-22/h5-16,19,21,26,28H,17-18H2,1-4H3/t21-,26+/m0/s1. The van der Waals surface area contributed by atoms with Gasteiger partial charge in [0.15, 0.2) is 0 Å². The smallest absolute Gasteiger partial charge is 0.249 e. The van der Waals surface area contributed by atoms with E-state index in [-0.39, 0.29) is 11.4 Å². The Morgan fingerprint density at radius 1 is 0.970 bits per heavy atom. The first-order valence-corrected chi connectivity index (χ1v) is 12.9. The van der Waals surface area contributed by atoms with Crippen molar-refractivity contribution >= 4 is 15.7 Å². The molecule has 0 radical (unpaired) electrons. The lowest BCUT2D eigenvalue weighted by atomic mass is 10.0. The molecule has 5 nitrogen and oxygen atoms in total. The molecule has 3 aromatic rings. The van der Waals surface area contributed by atoms with Gasteiger partial charge in [0.2, 0.25) is 10.0 Å². The maximum atomic E-state index is 14.2. The minimum Gasteiger partial charge on any atom is -0.483 e. The number of fused-ring (bicyclic) bond motifs is 1. The molecule has 1 heterocycles. The quantitative estimate of drug-likeness (QED) is 0.503. The Bertz CT molecular complexity index is 1210. The number of nitrogens with zero attached hydrogens (tertiary/aromatic N) is 1. The topological polar surface area (TPSA) is 58.6 Å². The maximum Gasteiger partial charge on any atom is 0.249 e. The van der Waals surface area contributed by atoms with E-state index in [2.05, 4.69) is 19.2 Å². The minimum absolute atomic E-state index is 0.213. The summed E-state index contributed by atoms with van der Waals surface area (Å²) in [5.41, 5.74) is 3.57. The third kappa shape index (κ3) is 4.77. The second-order valence-electron chi connectivity index (χ2n) is 9.07. The van der Waals surface area contributed by atoms with Crippen LogP contribution in [0.15, 0.2) is 77.7 Å². The van der Waals surface area contributed by atoms with Crippen LogP contribution in [0.4, 0.5) is 5.69 Å². The molecule has 1 aliphatic heterocycles. The molecule has 0 bridgehead atoms. The van der Waals surface area contributed by atoms with Crippen molar-refractivity contribution in [3.63, 3.8) is 0 Å². The van der Waals surface area contributed by atoms with Crippen LogP contribution >= 0.6 is 0 Å². The Labute approximate surface area is 197 Å². The van der Waals surface area contributed by atoms with E-state index in [0.717, 1.165) is 16.7 Å². The number of nitrogens with one attached hydrogen (secondary N) is 1. The summed E-state index contributed by atoms with van der Waals surface area (Å²) in [7, 11) is -3.86. The van der Waals surface area contributed by atoms with Crippen LogP contribution in [0.5, 0.6) is 5.75 Å². The number of sulfonamides is 1. The highest BCUT2D eigenvalue weighted by atomic mass is 32.2. The summed E-state index contributed by atoms with van der Waals surface area (Å²) < 4.78 is 36.5. The number of hydrogen-bond acceptors (Lipinski definition) is 4. The van der Waals surface area contributed by atoms with Crippen LogP contribution in [0.25, 0.3) is 0 Å². The predicted molar refractivity (Wildman–Crippen MR) is 133 cm³/mol. The molecule has 2 atom stereocenters. The Hall–Kier alpha value is -2.83. The van der Waals surface area contributed by atoms with Gasteiger partial charge in [0.1, 0.15) is 16.7 Å². The average molecular weight is 465 g/mol. The molecular weight excluding hydrogens is 432 g/mol. The summed E-state index contributed by atoms with van der Waals surface area (Å²) in [6.45, 7) is 9.08. The van der Waals surface area contributed by atoms with Crippen molar-refractivity contribution in [2.45, 2.75) is 51.3 Å².